The topological polar surface area (TPSA) is 78.0 Å². The summed E-state index contributed by atoms with van der Waals surface area (Å²) in [6.07, 6.45) is 0.742. The number of alkyl carbamates (subject to hydrolysis) is 1. The lowest BCUT2D eigenvalue weighted by atomic mass is 10.1. The van der Waals surface area contributed by atoms with E-state index in [4.69, 9.17) is 4.74 Å². The molecule has 156 valence electrons. The first kappa shape index (κ1) is 27.4. The SMILES string of the molecule is CCCN(CC)CCNC(=NC)NCC(C)(C)NC(=O)OC(C)(C)C.I. The van der Waals surface area contributed by atoms with Crippen LogP contribution in [-0.2, 0) is 4.74 Å². The molecule has 8 heteroatoms. The summed E-state index contributed by atoms with van der Waals surface area (Å²) in [5, 5.41) is 9.44. The molecule has 0 aromatic carbocycles. The highest BCUT2D eigenvalue weighted by Crippen LogP contribution is 2.09. The van der Waals surface area contributed by atoms with Crippen molar-refractivity contribution in [3.05, 3.63) is 0 Å². The Morgan fingerprint density at radius 2 is 1.69 bits per heavy atom. The fourth-order valence-electron chi connectivity index (χ4n) is 2.23. The number of ether oxygens (including phenoxy) is 1. The molecule has 7 nitrogen and oxygen atoms in total. The van der Waals surface area contributed by atoms with E-state index in [-0.39, 0.29) is 24.0 Å². The van der Waals surface area contributed by atoms with Crippen LogP contribution in [0.15, 0.2) is 4.99 Å². The van der Waals surface area contributed by atoms with Crippen molar-refractivity contribution in [1.29, 1.82) is 0 Å². The van der Waals surface area contributed by atoms with Crippen molar-refractivity contribution in [3.8, 4) is 0 Å². The lowest BCUT2D eigenvalue weighted by molar-refractivity contribution is 0.0474. The van der Waals surface area contributed by atoms with Crippen molar-refractivity contribution in [2.45, 2.75) is 66.0 Å². The Hall–Kier alpha value is -0.770. The van der Waals surface area contributed by atoms with Gasteiger partial charge in [0, 0.05) is 26.7 Å². The number of aliphatic imine (C=N–C) groups is 1. The lowest BCUT2D eigenvalue weighted by Crippen LogP contribution is -2.54. The van der Waals surface area contributed by atoms with Crippen LogP contribution < -0.4 is 16.0 Å². The number of nitrogens with zero attached hydrogens (tertiary/aromatic N) is 2. The van der Waals surface area contributed by atoms with Gasteiger partial charge in [-0.2, -0.15) is 0 Å². The molecule has 0 rings (SSSR count). The highest BCUT2D eigenvalue weighted by atomic mass is 127. The van der Waals surface area contributed by atoms with Crippen molar-refractivity contribution in [2.24, 2.45) is 4.99 Å². The number of carbonyl (C=O) groups excluding carboxylic acids is 1. The summed E-state index contributed by atoms with van der Waals surface area (Å²) in [5.74, 6) is 0.728. The van der Waals surface area contributed by atoms with Gasteiger partial charge in [0.15, 0.2) is 5.96 Å². The molecule has 0 atom stereocenters. The molecule has 0 saturated carbocycles. The minimum Gasteiger partial charge on any atom is -0.444 e. The maximum absolute atomic E-state index is 11.9. The highest BCUT2D eigenvalue weighted by Gasteiger charge is 2.24. The second-order valence-electron chi connectivity index (χ2n) is 7.80. The third kappa shape index (κ3) is 14.4. The van der Waals surface area contributed by atoms with Gasteiger partial charge in [0.05, 0.1) is 5.54 Å². The minimum absolute atomic E-state index is 0. The van der Waals surface area contributed by atoms with E-state index in [1.807, 2.05) is 34.6 Å². The number of hydrogen-bond donors (Lipinski definition) is 3. The lowest BCUT2D eigenvalue weighted by Gasteiger charge is -2.29. The van der Waals surface area contributed by atoms with Crippen LogP contribution in [0.4, 0.5) is 4.79 Å². The van der Waals surface area contributed by atoms with E-state index in [9.17, 15) is 4.79 Å². The first-order valence-electron chi connectivity index (χ1n) is 9.21. The van der Waals surface area contributed by atoms with Crippen LogP contribution in [-0.4, -0.2) is 67.9 Å². The molecule has 0 aromatic rings. The van der Waals surface area contributed by atoms with Gasteiger partial charge in [-0.05, 0) is 54.1 Å². The van der Waals surface area contributed by atoms with Crippen LogP contribution in [0.2, 0.25) is 0 Å². The maximum Gasteiger partial charge on any atom is 0.408 e. The predicted octanol–water partition coefficient (Wildman–Crippen LogP) is 2.80. The molecule has 0 heterocycles. The van der Waals surface area contributed by atoms with Gasteiger partial charge < -0.3 is 25.6 Å². The van der Waals surface area contributed by atoms with Crippen molar-refractivity contribution in [3.63, 3.8) is 0 Å². The van der Waals surface area contributed by atoms with Crippen LogP contribution in [0.3, 0.4) is 0 Å². The molecule has 0 fully saturated rings. The van der Waals surface area contributed by atoms with Crippen LogP contribution in [0.5, 0.6) is 0 Å². The predicted molar refractivity (Wildman–Crippen MR) is 121 cm³/mol. The summed E-state index contributed by atoms with van der Waals surface area (Å²) < 4.78 is 5.30. The number of amides is 1. The van der Waals surface area contributed by atoms with E-state index in [1.165, 1.54) is 0 Å². The average molecular weight is 485 g/mol. The molecule has 0 aliphatic rings. The van der Waals surface area contributed by atoms with Gasteiger partial charge >= 0.3 is 6.09 Å². The average Bonchev–Trinajstić information content (AvgIpc) is 2.46. The summed E-state index contributed by atoms with van der Waals surface area (Å²) in [5.41, 5.74) is -0.966. The van der Waals surface area contributed by atoms with Gasteiger partial charge in [-0.15, -0.1) is 24.0 Å². The molecule has 0 spiro atoms. The molecule has 0 aliphatic heterocycles. The van der Waals surface area contributed by atoms with Crippen LogP contribution in [0, 0.1) is 0 Å². The molecule has 0 aromatic heterocycles. The summed E-state index contributed by atoms with van der Waals surface area (Å²) >= 11 is 0. The number of guanidine groups is 1. The van der Waals surface area contributed by atoms with E-state index < -0.39 is 17.2 Å². The van der Waals surface area contributed by atoms with E-state index in [0.717, 1.165) is 38.6 Å². The first-order valence-corrected chi connectivity index (χ1v) is 9.21. The summed E-state index contributed by atoms with van der Waals surface area (Å²) in [6, 6.07) is 0. The zero-order valence-electron chi connectivity index (χ0n) is 17.9. The molecule has 0 bridgehead atoms. The fraction of sp³-hybridized carbons (Fsp3) is 0.889. The number of carbonyl (C=O) groups is 1. The number of hydrogen-bond acceptors (Lipinski definition) is 4. The molecule has 0 saturated heterocycles. The number of rotatable bonds is 9. The molecule has 0 radical (unpaired) electrons. The largest absolute Gasteiger partial charge is 0.444 e. The van der Waals surface area contributed by atoms with E-state index in [0.29, 0.717) is 6.54 Å². The van der Waals surface area contributed by atoms with Crippen molar-refractivity contribution >= 4 is 36.0 Å². The summed E-state index contributed by atoms with van der Waals surface area (Å²) in [4.78, 5) is 18.5. The van der Waals surface area contributed by atoms with Crippen molar-refractivity contribution in [1.82, 2.24) is 20.9 Å². The molecule has 26 heavy (non-hydrogen) atoms. The standard InChI is InChI=1S/C18H39N5O2.HI/c1-9-12-23(10-2)13-11-20-15(19-8)21-14-18(6,7)22-16(24)25-17(3,4)5;/h9-14H2,1-8H3,(H,22,24)(H2,19,20,21);1H. The normalized spacial score (nSPS) is 12.4. The number of halogens is 1. The third-order valence-electron chi connectivity index (χ3n) is 3.47. The Morgan fingerprint density at radius 3 is 2.15 bits per heavy atom. The zero-order chi connectivity index (χ0) is 19.5. The number of nitrogens with one attached hydrogen (secondary N) is 3. The molecular weight excluding hydrogens is 445 g/mol. The van der Waals surface area contributed by atoms with E-state index >= 15 is 0 Å². The zero-order valence-corrected chi connectivity index (χ0v) is 20.2. The molecule has 0 aliphatic carbocycles. The van der Waals surface area contributed by atoms with Gasteiger partial charge in [0.2, 0.25) is 0 Å². The Morgan fingerprint density at radius 1 is 1.08 bits per heavy atom. The van der Waals surface area contributed by atoms with Crippen molar-refractivity contribution < 1.29 is 9.53 Å². The molecular formula is C18H40IN5O2. The Balaban J connectivity index is 0. The smallest absolute Gasteiger partial charge is 0.408 e. The Labute approximate surface area is 177 Å². The molecule has 3 N–H and O–H groups in total. The number of likely N-dealkylation sites (N-methyl/N-ethyl adjacent to an activating group) is 1. The van der Waals surface area contributed by atoms with Gasteiger partial charge in [-0.25, -0.2) is 4.79 Å². The Bertz CT molecular complexity index is 422. The molecule has 0 unspecified atom stereocenters. The first-order chi connectivity index (χ1) is 11.5. The van der Waals surface area contributed by atoms with E-state index in [2.05, 4.69) is 39.7 Å². The fourth-order valence-corrected chi connectivity index (χ4v) is 2.23. The van der Waals surface area contributed by atoms with Gasteiger partial charge in [0.25, 0.3) is 0 Å². The molecule has 1 amide bonds. The second-order valence-corrected chi connectivity index (χ2v) is 7.80. The minimum atomic E-state index is -0.505. The van der Waals surface area contributed by atoms with Crippen LogP contribution in [0.25, 0.3) is 0 Å². The highest BCUT2D eigenvalue weighted by molar-refractivity contribution is 14.0. The third-order valence-corrected chi connectivity index (χ3v) is 3.47. The van der Waals surface area contributed by atoms with Gasteiger partial charge in [-0.3, -0.25) is 4.99 Å². The Kier molecular flexibility index (Phi) is 14.2. The van der Waals surface area contributed by atoms with Gasteiger partial charge in [-0.1, -0.05) is 13.8 Å². The van der Waals surface area contributed by atoms with Gasteiger partial charge in [0.1, 0.15) is 5.60 Å². The monoisotopic (exact) mass is 485 g/mol. The van der Waals surface area contributed by atoms with Crippen LogP contribution >= 0.6 is 24.0 Å². The maximum atomic E-state index is 11.9. The van der Waals surface area contributed by atoms with E-state index in [1.54, 1.807) is 7.05 Å². The summed E-state index contributed by atoms with van der Waals surface area (Å²) in [7, 11) is 1.74. The quantitative estimate of drug-likeness (QED) is 0.266. The van der Waals surface area contributed by atoms with Crippen LogP contribution in [0.1, 0.15) is 54.9 Å². The summed E-state index contributed by atoms with van der Waals surface area (Å²) in [6.45, 7) is 18.3. The van der Waals surface area contributed by atoms with Crippen molar-refractivity contribution in [2.75, 3.05) is 39.8 Å². The second kappa shape index (κ2) is 13.4.